The van der Waals surface area contributed by atoms with Crippen LogP contribution in [0.3, 0.4) is 0 Å². The normalized spacial score (nSPS) is 19.3. The van der Waals surface area contributed by atoms with Crippen LogP contribution in [0.25, 0.3) is 0 Å². The summed E-state index contributed by atoms with van der Waals surface area (Å²) >= 11 is 0. The second kappa shape index (κ2) is 4.86. The Hall–Kier alpha value is -1.75. The number of hydrogen-bond acceptors (Lipinski definition) is 4. The van der Waals surface area contributed by atoms with Crippen molar-refractivity contribution in [3.8, 4) is 0 Å². The molecule has 5 heteroatoms. The molecular weight excluding hydrogens is 226 g/mol. The number of tetrazole rings is 1. The highest BCUT2D eigenvalue weighted by molar-refractivity contribution is 5.21. The summed E-state index contributed by atoms with van der Waals surface area (Å²) in [7, 11) is 0. The van der Waals surface area contributed by atoms with Crippen LogP contribution in [0.4, 0.5) is 0 Å². The molecule has 1 aliphatic heterocycles. The van der Waals surface area contributed by atoms with E-state index in [2.05, 4.69) is 51.9 Å². The first-order chi connectivity index (χ1) is 8.81. The molecule has 2 aromatic rings. The number of benzene rings is 1. The van der Waals surface area contributed by atoms with Crippen molar-refractivity contribution in [3.05, 3.63) is 41.2 Å². The van der Waals surface area contributed by atoms with Gasteiger partial charge in [0.1, 0.15) is 0 Å². The third kappa shape index (κ3) is 2.41. The molecule has 0 spiro atoms. The van der Waals surface area contributed by atoms with Gasteiger partial charge < -0.3 is 5.32 Å². The number of nitrogens with zero attached hydrogens (tertiary/aromatic N) is 4. The Labute approximate surface area is 106 Å². The SMILES string of the molecule is Cc1ccc(Cn2nnc(C3CCNC3)n2)cc1. The summed E-state index contributed by atoms with van der Waals surface area (Å²) in [4.78, 5) is 1.68. The van der Waals surface area contributed by atoms with E-state index in [1.165, 1.54) is 11.1 Å². The molecule has 1 aliphatic rings. The number of hydrogen-bond donors (Lipinski definition) is 1. The van der Waals surface area contributed by atoms with E-state index in [-0.39, 0.29) is 0 Å². The summed E-state index contributed by atoms with van der Waals surface area (Å²) in [6, 6.07) is 8.42. The number of aryl methyl sites for hydroxylation is 1. The number of aromatic nitrogens is 4. The monoisotopic (exact) mass is 243 g/mol. The minimum Gasteiger partial charge on any atom is -0.316 e. The van der Waals surface area contributed by atoms with Crippen LogP contribution in [-0.4, -0.2) is 33.3 Å². The Balaban J connectivity index is 1.71. The maximum Gasteiger partial charge on any atom is 0.179 e. The molecule has 0 saturated carbocycles. The Bertz CT molecular complexity index is 510. The molecule has 1 saturated heterocycles. The second-order valence-electron chi connectivity index (χ2n) is 4.85. The van der Waals surface area contributed by atoms with Gasteiger partial charge in [0.25, 0.3) is 0 Å². The smallest absolute Gasteiger partial charge is 0.179 e. The predicted molar refractivity (Wildman–Crippen MR) is 68.3 cm³/mol. The first-order valence-corrected chi connectivity index (χ1v) is 6.35. The van der Waals surface area contributed by atoms with Gasteiger partial charge in [-0.05, 0) is 30.7 Å². The van der Waals surface area contributed by atoms with E-state index in [1.54, 1.807) is 4.80 Å². The van der Waals surface area contributed by atoms with Crippen molar-refractivity contribution in [1.29, 1.82) is 0 Å². The molecule has 2 heterocycles. The zero-order chi connectivity index (χ0) is 12.4. The van der Waals surface area contributed by atoms with Crippen LogP contribution < -0.4 is 5.32 Å². The first-order valence-electron chi connectivity index (χ1n) is 6.35. The quantitative estimate of drug-likeness (QED) is 0.877. The highest BCUT2D eigenvalue weighted by Crippen LogP contribution is 2.17. The summed E-state index contributed by atoms with van der Waals surface area (Å²) in [5.41, 5.74) is 2.47. The topological polar surface area (TPSA) is 55.6 Å². The van der Waals surface area contributed by atoms with Crippen LogP contribution in [-0.2, 0) is 6.54 Å². The fourth-order valence-electron chi connectivity index (χ4n) is 2.22. The molecule has 3 rings (SSSR count). The molecule has 1 fully saturated rings. The maximum absolute atomic E-state index is 4.46. The fourth-order valence-corrected chi connectivity index (χ4v) is 2.22. The van der Waals surface area contributed by atoms with Crippen molar-refractivity contribution in [2.24, 2.45) is 0 Å². The molecule has 0 aliphatic carbocycles. The van der Waals surface area contributed by atoms with Gasteiger partial charge >= 0.3 is 0 Å². The number of nitrogens with one attached hydrogen (secondary N) is 1. The molecule has 0 radical (unpaired) electrons. The van der Waals surface area contributed by atoms with E-state index in [0.717, 1.165) is 25.3 Å². The van der Waals surface area contributed by atoms with E-state index in [1.807, 2.05) is 0 Å². The van der Waals surface area contributed by atoms with E-state index in [9.17, 15) is 0 Å². The Morgan fingerprint density at radius 1 is 1.33 bits per heavy atom. The molecular formula is C13H17N5. The summed E-state index contributed by atoms with van der Waals surface area (Å²) < 4.78 is 0. The van der Waals surface area contributed by atoms with Crippen molar-refractivity contribution in [1.82, 2.24) is 25.5 Å². The highest BCUT2D eigenvalue weighted by Gasteiger charge is 2.21. The first kappa shape index (κ1) is 11.3. The molecule has 1 aromatic carbocycles. The molecule has 0 amide bonds. The van der Waals surface area contributed by atoms with Crippen molar-refractivity contribution < 1.29 is 0 Å². The Kier molecular flexibility index (Phi) is 3.06. The van der Waals surface area contributed by atoms with E-state index in [0.29, 0.717) is 12.5 Å². The van der Waals surface area contributed by atoms with Gasteiger partial charge in [-0.3, -0.25) is 0 Å². The van der Waals surface area contributed by atoms with Crippen molar-refractivity contribution in [3.63, 3.8) is 0 Å². The Morgan fingerprint density at radius 3 is 2.89 bits per heavy atom. The third-order valence-corrected chi connectivity index (χ3v) is 3.34. The van der Waals surface area contributed by atoms with Gasteiger partial charge in [-0.25, -0.2) is 0 Å². The molecule has 5 nitrogen and oxygen atoms in total. The molecule has 94 valence electrons. The van der Waals surface area contributed by atoms with Crippen molar-refractivity contribution in [2.75, 3.05) is 13.1 Å². The lowest BCUT2D eigenvalue weighted by Crippen LogP contribution is -2.09. The average Bonchev–Trinajstić information content (AvgIpc) is 3.02. The lowest BCUT2D eigenvalue weighted by Gasteiger charge is -2.01. The van der Waals surface area contributed by atoms with Crippen LogP contribution in [0.1, 0.15) is 29.3 Å². The van der Waals surface area contributed by atoms with Gasteiger partial charge in [0, 0.05) is 12.5 Å². The summed E-state index contributed by atoms with van der Waals surface area (Å²) in [5, 5.41) is 16.1. The minimum absolute atomic E-state index is 0.428. The van der Waals surface area contributed by atoms with Gasteiger partial charge in [-0.15, -0.1) is 10.2 Å². The predicted octanol–water partition coefficient (Wildman–Crippen LogP) is 1.11. The molecule has 1 atom stereocenters. The lowest BCUT2D eigenvalue weighted by atomic mass is 10.1. The van der Waals surface area contributed by atoms with E-state index < -0.39 is 0 Å². The summed E-state index contributed by atoms with van der Waals surface area (Å²) in [6.45, 7) is 4.80. The van der Waals surface area contributed by atoms with Gasteiger partial charge in [-0.2, -0.15) is 4.80 Å². The van der Waals surface area contributed by atoms with E-state index >= 15 is 0 Å². The molecule has 1 unspecified atom stereocenters. The van der Waals surface area contributed by atoms with Crippen LogP contribution in [0, 0.1) is 6.92 Å². The van der Waals surface area contributed by atoms with Gasteiger partial charge in [0.2, 0.25) is 0 Å². The van der Waals surface area contributed by atoms with Crippen LogP contribution in [0.15, 0.2) is 24.3 Å². The highest BCUT2D eigenvalue weighted by atomic mass is 15.6. The van der Waals surface area contributed by atoms with Gasteiger partial charge in [0.05, 0.1) is 6.54 Å². The van der Waals surface area contributed by atoms with Crippen LogP contribution in [0.2, 0.25) is 0 Å². The maximum atomic E-state index is 4.46. The molecule has 0 bridgehead atoms. The zero-order valence-corrected chi connectivity index (χ0v) is 10.5. The lowest BCUT2D eigenvalue weighted by molar-refractivity contribution is 0.567. The summed E-state index contributed by atoms with van der Waals surface area (Å²) in [6.07, 6.45) is 1.11. The third-order valence-electron chi connectivity index (χ3n) is 3.34. The average molecular weight is 243 g/mol. The van der Waals surface area contributed by atoms with Crippen molar-refractivity contribution >= 4 is 0 Å². The summed E-state index contributed by atoms with van der Waals surface area (Å²) in [5.74, 6) is 1.30. The van der Waals surface area contributed by atoms with Gasteiger partial charge in [0.15, 0.2) is 5.82 Å². The fraction of sp³-hybridized carbons (Fsp3) is 0.462. The van der Waals surface area contributed by atoms with Crippen LogP contribution >= 0.6 is 0 Å². The second-order valence-corrected chi connectivity index (χ2v) is 4.85. The Morgan fingerprint density at radius 2 is 2.17 bits per heavy atom. The molecule has 1 N–H and O–H groups in total. The standard InChI is InChI=1S/C13H17N5/c1-10-2-4-11(5-3-10)9-18-16-13(15-17-18)12-6-7-14-8-12/h2-5,12,14H,6-9H2,1H3. The zero-order valence-electron chi connectivity index (χ0n) is 10.5. The van der Waals surface area contributed by atoms with Gasteiger partial charge in [-0.1, -0.05) is 29.8 Å². The molecule has 1 aromatic heterocycles. The number of rotatable bonds is 3. The largest absolute Gasteiger partial charge is 0.316 e. The van der Waals surface area contributed by atoms with Crippen LogP contribution in [0.5, 0.6) is 0 Å². The van der Waals surface area contributed by atoms with Crippen molar-refractivity contribution in [2.45, 2.75) is 25.8 Å². The molecule has 18 heavy (non-hydrogen) atoms. The minimum atomic E-state index is 0.428. The van der Waals surface area contributed by atoms with E-state index in [4.69, 9.17) is 0 Å².